The summed E-state index contributed by atoms with van der Waals surface area (Å²) in [6.07, 6.45) is 6.26. The lowest BCUT2D eigenvalue weighted by atomic mass is 9.61. The van der Waals surface area contributed by atoms with E-state index in [1.54, 1.807) is 13.8 Å². The Morgan fingerprint density at radius 2 is 1.40 bits per heavy atom. The van der Waals surface area contributed by atoms with Gasteiger partial charge < -0.3 is 14.2 Å². The number of rotatable bonds is 6. The monoisotopic (exact) mass is 682 g/mol. The highest BCUT2D eigenvalue weighted by Gasteiger charge is 2.55. The third-order valence-corrected chi connectivity index (χ3v) is 10.1. The van der Waals surface area contributed by atoms with E-state index >= 15 is 0 Å². The Bertz CT molecular complexity index is 1750. The zero-order valence-electron chi connectivity index (χ0n) is 32.8. The van der Waals surface area contributed by atoms with Crippen molar-refractivity contribution < 1.29 is 28.6 Å². The maximum atomic E-state index is 14.0. The number of esters is 3. The number of carbonyl (C=O) groups excluding carboxylic acids is 3. The molecule has 0 spiro atoms. The first-order valence-electron chi connectivity index (χ1n) is 17.7. The Morgan fingerprint density at radius 1 is 0.820 bits per heavy atom. The summed E-state index contributed by atoms with van der Waals surface area (Å²) in [7, 11) is 0. The van der Waals surface area contributed by atoms with E-state index in [1.165, 1.54) is 0 Å². The number of cyclic esters (lactones) is 1. The molecular formula is C44H58O6. The fourth-order valence-electron chi connectivity index (χ4n) is 7.20. The predicted molar refractivity (Wildman–Crippen MR) is 200 cm³/mol. The van der Waals surface area contributed by atoms with Crippen LogP contribution in [-0.2, 0) is 29.4 Å². The van der Waals surface area contributed by atoms with Gasteiger partial charge in [-0.2, -0.15) is 0 Å². The molecule has 1 aromatic rings. The largest absolute Gasteiger partial charge is 0.454 e. The average molecular weight is 683 g/mol. The van der Waals surface area contributed by atoms with E-state index in [9.17, 15) is 14.4 Å². The van der Waals surface area contributed by atoms with Crippen LogP contribution in [0.4, 0.5) is 0 Å². The van der Waals surface area contributed by atoms with Crippen molar-refractivity contribution in [2.24, 2.45) is 33.5 Å². The zero-order chi connectivity index (χ0) is 37.9. The maximum Gasteiger partial charge on any atom is 0.340 e. The molecule has 3 unspecified atom stereocenters. The van der Waals surface area contributed by atoms with Crippen molar-refractivity contribution in [2.75, 3.05) is 0 Å². The molecular weight excluding hydrogens is 624 g/mol. The molecule has 50 heavy (non-hydrogen) atoms. The van der Waals surface area contributed by atoms with Gasteiger partial charge in [0.15, 0.2) is 5.60 Å². The summed E-state index contributed by atoms with van der Waals surface area (Å²) in [4.78, 5) is 40.2. The Kier molecular flexibility index (Phi) is 10.1. The minimum absolute atomic E-state index is 0.235. The summed E-state index contributed by atoms with van der Waals surface area (Å²) in [6.45, 7) is 36.5. The van der Waals surface area contributed by atoms with E-state index in [1.807, 2.05) is 24.3 Å². The normalized spacial score (nSPS) is 24.4. The molecule has 1 heterocycles. The van der Waals surface area contributed by atoms with Crippen LogP contribution in [0.1, 0.15) is 119 Å². The summed E-state index contributed by atoms with van der Waals surface area (Å²) >= 11 is 0. The fourth-order valence-corrected chi connectivity index (χ4v) is 7.20. The average Bonchev–Trinajstić information content (AvgIpc) is 3.27. The molecule has 0 fully saturated rings. The van der Waals surface area contributed by atoms with Crippen molar-refractivity contribution in [2.45, 2.75) is 115 Å². The predicted octanol–water partition coefficient (Wildman–Crippen LogP) is 10.5. The second-order valence-corrected chi connectivity index (χ2v) is 18.6. The van der Waals surface area contributed by atoms with Crippen LogP contribution >= 0.6 is 0 Å². The smallest absolute Gasteiger partial charge is 0.340 e. The van der Waals surface area contributed by atoms with Crippen LogP contribution in [0.5, 0.6) is 0 Å². The molecule has 270 valence electrons. The first-order chi connectivity index (χ1) is 22.7. The number of benzene rings is 1. The molecule has 6 heteroatoms. The second kappa shape index (κ2) is 13.0. The van der Waals surface area contributed by atoms with Crippen molar-refractivity contribution in [3.63, 3.8) is 0 Å². The van der Waals surface area contributed by atoms with Gasteiger partial charge in [-0.25, -0.2) is 14.4 Å². The highest BCUT2D eigenvalue weighted by molar-refractivity contribution is 5.96. The summed E-state index contributed by atoms with van der Waals surface area (Å²) in [5.74, 6) is -1.18. The third-order valence-electron chi connectivity index (χ3n) is 10.1. The van der Waals surface area contributed by atoms with Gasteiger partial charge in [0.2, 0.25) is 0 Å². The molecule has 2 aliphatic carbocycles. The first-order valence-corrected chi connectivity index (χ1v) is 17.7. The second-order valence-electron chi connectivity index (χ2n) is 18.6. The molecule has 0 amide bonds. The molecule has 1 aromatic carbocycles. The van der Waals surface area contributed by atoms with Crippen LogP contribution < -0.4 is 0 Å². The number of carbonyl (C=O) groups is 3. The van der Waals surface area contributed by atoms with Crippen molar-refractivity contribution in [3.05, 3.63) is 106 Å². The number of ether oxygens (including phenoxy) is 3. The van der Waals surface area contributed by atoms with Crippen LogP contribution in [0.25, 0.3) is 0 Å². The van der Waals surface area contributed by atoms with E-state index < -0.39 is 40.4 Å². The minimum atomic E-state index is -1.29. The SMILES string of the molecule is C=C(C)C(=O)OC1=C(C(C)(C)C)C=C(C2(C3=C[C@H](C(C)(C)C)C(OC(=O)C(=C)C)C(C(C)(C)C)=C3)OC(=O)c3ccccc32)CC1C(C)(C)C. The fraction of sp³-hybridized carbons (Fsp3) is 0.523. The number of fused-ring (bicyclic) bond motifs is 1. The Labute approximate surface area is 300 Å². The molecule has 3 aliphatic rings. The van der Waals surface area contributed by atoms with Gasteiger partial charge in [0.25, 0.3) is 0 Å². The van der Waals surface area contributed by atoms with Crippen molar-refractivity contribution in [1.29, 1.82) is 0 Å². The van der Waals surface area contributed by atoms with Gasteiger partial charge in [-0.3, -0.25) is 0 Å². The molecule has 0 saturated heterocycles. The molecule has 1 aliphatic heterocycles. The number of hydrogen-bond acceptors (Lipinski definition) is 6. The lowest BCUT2D eigenvalue weighted by molar-refractivity contribution is -0.146. The summed E-state index contributed by atoms with van der Waals surface area (Å²) in [5, 5.41) is 0. The molecule has 4 rings (SSSR count). The van der Waals surface area contributed by atoms with Crippen molar-refractivity contribution in [1.82, 2.24) is 0 Å². The quantitative estimate of drug-likeness (QED) is 0.169. The maximum absolute atomic E-state index is 14.0. The van der Waals surface area contributed by atoms with Crippen LogP contribution in [-0.4, -0.2) is 24.0 Å². The van der Waals surface area contributed by atoms with Gasteiger partial charge in [0.1, 0.15) is 11.9 Å². The number of allylic oxidation sites excluding steroid dienone is 3. The van der Waals surface area contributed by atoms with Gasteiger partial charge in [-0.15, -0.1) is 0 Å². The van der Waals surface area contributed by atoms with E-state index in [-0.39, 0.29) is 22.7 Å². The Morgan fingerprint density at radius 3 is 1.90 bits per heavy atom. The molecule has 0 saturated carbocycles. The topological polar surface area (TPSA) is 78.9 Å². The van der Waals surface area contributed by atoms with Crippen molar-refractivity contribution in [3.8, 4) is 0 Å². The molecule has 4 atom stereocenters. The first kappa shape index (κ1) is 38.9. The highest BCUT2D eigenvalue weighted by Crippen LogP contribution is 2.58. The molecule has 0 aromatic heterocycles. The van der Waals surface area contributed by atoms with Crippen LogP contribution in [0, 0.1) is 33.5 Å². The highest BCUT2D eigenvalue weighted by atomic mass is 16.6. The van der Waals surface area contributed by atoms with E-state index in [0.29, 0.717) is 28.9 Å². The van der Waals surface area contributed by atoms with E-state index in [0.717, 1.165) is 27.9 Å². The van der Waals surface area contributed by atoms with Gasteiger partial charge in [-0.05, 0) is 64.7 Å². The molecule has 0 radical (unpaired) electrons. The lowest BCUT2D eigenvalue weighted by Crippen LogP contribution is -2.44. The van der Waals surface area contributed by atoms with Crippen LogP contribution in [0.2, 0.25) is 0 Å². The summed E-state index contributed by atoms with van der Waals surface area (Å²) in [5.41, 5.74) is 2.61. The van der Waals surface area contributed by atoms with E-state index in [4.69, 9.17) is 14.2 Å². The van der Waals surface area contributed by atoms with Crippen molar-refractivity contribution >= 4 is 17.9 Å². The number of hydrogen-bond donors (Lipinski definition) is 0. The zero-order valence-corrected chi connectivity index (χ0v) is 32.8. The minimum Gasteiger partial charge on any atom is -0.454 e. The van der Waals surface area contributed by atoms with Gasteiger partial charge in [0, 0.05) is 34.1 Å². The Hall–Kier alpha value is -3.93. The van der Waals surface area contributed by atoms with Crippen LogP contribution in [0.3, 0.4) is 0 Å². The molecule has 0 bridgehead atoms. The molecule has 6 nitrogen and oxygen atoms in total. The summed E-state index contributed by atoms with van der Waals surface area (Å²) < 4.78 is 19.2. The standard InChI is InChI=1S/C44H58O6/c1-25(2)37(45)48-35-31(40(5,6)7)21-27(22-32(35)41(8,9)10)44(30-20-18-17-19-29(30)39(47)50-44)28-23-33(42(11,12)13)36(49-38(46)26(3)4)34(24-28)43(14,15)16/h17-23,31,34-35H,1,3,24H2,2,4-16H3/t31-,34?,35?,44?/m0/s1. The van der Waals surface area contributed by atoms with Gasteiger partial charge in [0.05, 0.1) is 5.56 Å². The summed E-state index contributed by atoms with van der Waals surface area (Å²) in [6, 6.07) is 7.60. The van der Waals surface area contributed by atoms with E-state index in [2.05, 4.69) is 114 Å². The Balaban J connectivity index is 2.15. The van der Waals surface area contributed by atoms with Gasteiger partial charge >= 0.3 is 17.9 Å². The third kappa shape index (κ3) is 7.27. The lowest BCUT2D eigenvalue weighted by Gasteiger charge is -2.47. The molecule has 0 N–H and O–H groups in total. The van der Waals surface area contributed by atoms with Gasteiger partial charge in [-0.1, -0.05) is 133 Å². The van der Waals surface area contributed by atoms with Crippen LogP contribution in [0.15, 0.2) is 94.8 Å².